The van der Waals surface area contributed by atoms with Gasteiger partial charge in [0.1, 0.15) is 0 Å². The molecule has 0 bridgehead atoms. The van der Waals surface area contributed by atoms with Crippen LogP contribution in [0.4, 0.5) is 0 Å². The lowest BCUT2D eigenvalue weighted by Gasteiger charge is -2.17. The number of likely N-dealkylation sites (tertiary alicyclic amines) is 1. The fraction of sp³-hybridized carbons (Fsp3) is 0.562. The highest BCUT2D eigenvalue weighted by molar-refractivity contribution is 5.94. The molecule has 1 amide bonds. The van der Waals surface area contributed by atoms with Gasteiger partial charge in [0.25, 0.3) is 5.91 Å². The first-order chi connectivity index (χ1) is 11.0. The molecule has 2 aromatic heterocycles. The quantitative estimate of drug-likeness (QED) is 0.918. The largest absolute Gasteiger partial charge is 0.345 e. The summed E-state index contributed by atoms with van der Waals surface area (Å²) in [7, 11) is 5.52. The molecule has 23 heavy (non-hydrogen) atoms. The molecule has 1 aliphatic heterocycles. The third-order valence-corrected chi connectivity index (χ3v) is 4.63. The highest BCUT2D eigenvalue weighted by Crippen LogP contribution is 2.29. The molecule has 0 aliphatic carbocycles. The van der Waals surface area contributed by atoms with Gasteiger partial charge in [-0.15, -0.1) is 0 Å². The number of aromatic amines is 1. The molecular formula is C16H24N6O. The number of carbonyl (C=O) groups is 1. The molecule has 0 saturated carbocycles. The number of hydrogen-bond donors (Lipinski definition) is 1. The average molecular weight is 316 g/mol. The Morgan fingerprint density at radius 2 is 2.22 bits per heavy atom. The number of aryl methyl sites for hydroxylation is 2. The van der Waals surface area contributed by atoms with Crippen molar-refractivity contribution in [2.24, 2.45) is 7.05 Å². The lowest BCUT2D eigenvalue weighted by molar-refractivity contribution is 0.0826. The Labute approximate surface area is 136 Å². The molecule has 0 radical (unpaired) electrons. The third-order valence-electron chi connectivity index (χ3n) is 4.63. The molecule has 7 nitrogen and oxygen atoms in total. The van der Waals surface area contributed by atoms with Crippen molar-refractivity contribution in [3.63, 3.8) is 0 Å². The molecule has 3 heterocycles. The standard InChI is InChI=1S/C16H24N6O/c1-11-7-18-21(4)14(11)10-22-6-5-12(9-22)15-13(8-17-19-15)16(23)20(2)3/h7-8,12H,5-6,9-10H2,1-4H3,(H,17,19)/t12-/m1/s1. The normalized spacial score (nSPS) is 18.5. The van der Waals surface area contributed by atoms with Crippen molar-refractivity contribution < 1.29 is 4.79 Å². The maximum Gasteiger partial charge on any atom is 0.256 e. The van der Waals surface area contributed by atoms with Crippen LogP contribution >= 0.6 is 0 Å². The Morgan fingerprint density at radius 3 is 2.87 bits per heavy atom. The molecule has 3 rings (SSSR count). The van der Waals surface area contributed by atoms with Gasteiger partial charge in [0, 0.05) is 40.2 Å². The number of rotatable bonds is 4. The fourth-order valence-corrected chi connectivity index (χ4v) is 3.24. The Balaban J connectivity index is 1.71. The molecule has 0 aromatic carbocycles. The monoisotopic (exact) mass is 316 g/mol. The van der Waals surface area contributed by atoms with Crippen molar-refractivity contribution in [1.82, 2.24) is 29.8 Å². The van der Waals surface area contributed by atoms with Gasteiger partial charge in [-0.1, -0.05) is 0 Å². The van der Waals surface area contributed by atoms with Crippen molar-refractivity contribution in [2.75, 3.05) is 27.2 Å². The predicted octanol–water partition coefficient (Wildman–Crippen LogP) is 1.14. The molecular weight excluding hydrogens is 292 g/mol. The Morgan fingerprint density at radius 1 is 1.43 bits per heavy atom. The van der Waals surface area contributed by atoms with Crippen LogP contribution in [-0.2, 0) is 13.6 Å². The van der Waals surface area contributed by atoms with Crippen LogP contribution in [0.15, 0.2) is 12.4 Å². The van der Waals surface area contributed by atoms with Crippen molar-refractivity contribution in [1.29, 1.82) is 0 Å². The Bertz CT molecular complexity index is 682. The van der Waals surface area contributed by atoms with Crippen molar-refractivity contribution in [2.45, 2.75) is 25.8 Å². The molecule has 124 valence electrons. The molecule has 1 fully saturated rings. The van der Waals surface area contributed by atoms with Crippen LogP contribution in [0.2, 0.25) is 0 Å². The fourth-order valence-electron chi connectivity index (χ4n) is 3.24. The number of amides is 1. The maximum atomic E-state index is 12.3. The van der Waals surface area contributed by atoms with E-state index in [9.17, 15) is 4.79 Å². The SMILES string of the molecule is Cc1cnn(C)c1CN1CC[C@@H](c2[nH]ncc2C(=O)N(C)C)C1. The van der Waals surface area contributed by atoms with E-state index in [0.29, 0.717) is 11.5 Å². The summed E-state index contributed by atoms with van der Waals surface area (Å²) in [5.41, 5.74) is 4.13. The zero-order chi connectivity index (χ0) is 16.6. The van der Waals surface area contributed by atoms with Crippen LogP contribution in [0, 0.1) is 6.92 Å². The maximum absolute atomic E-state index is 12.3. The van der Waals surface area contributed by atoms with Gasteiger partial charge in [0.15, 0.2) is 0 Å². The van der Waals surface area contributed by atoms with Crippen molar-refractivity contribution in [3.05, 3.63) is 34.9 Å². The number of nitrogens with zero attached hydrogens (tertiary/aromatic N) is 5. The van der Waals surface area contributed by atoms with Gasteiger partial charge in [-0.25, -0.2) is 0 Å². The molecule has 0 unspecified atom stereocenters. The van der Waals surface area contributed by atoms with Gasteiger partial charge in [0.2, 0.25) is 0 Å². The Kier molecular flexibility index (Phi) is 4.21. The number of carbonyl (C=O) groups excluding carboxylic acids is 1. The van der Waals surface area contributed by atoms with Gasteiger partial charge in [0.05, 0.1) is 29.3 Å². The summed E-state index contributed by atoms with van der Waals surface area (Å²) in [5, 5.41) is 11.4. The van der Waals surface area contributed by atoms with Gasteiger partial charge >= 0.3 is 0 Å². The minimum absolute atomic E-state index is 0.00896. The number of aromatic nitrogens is 4. The van der Waals surface area contributed by atoms with Crippen LogP contribution in [0.5, 0.6) is 0 Å². The molecule has 0 spiro atoms. The van der Waals surface area contributed by atoms with E-state index in [4.69, 9.17) is 0 Å². The molecule has 1 saturated heterocycles. The van der Waals surface area contributed by atoms with E-state index < -0.39 is 0 Å². The number of H-pyrrole nitrogens is 1. The summed E-state index contributed by atoms with van der Waals surface area (Å²) in [6.45, 7) is 4.94. The van der Waals surface area contributed by atoms with Crippen molar-refractivity contribution in [3.8, 4) is 0 Å². The van der Waals surface area contributed by atoms with E-state index in [1.165, 1.54) is 11.3 Å². The predicted molar refractivity (Wildman–Crippen MR) is 87.2 cm³/mol. The number of hydrogen-bond acceptors (Lipinski definition) is 4. The van der Waals surface area contributed by atoms with Crippen molar-refractivity contribution >= 4 is 5.91 Å². The summed E-state index contributed by atoms with van der Waals surface area (Å²) in [4.78, 5) is 16.3. The Hall–Kier alpha value is -2.15. The van der Waals surface area contributed by atoms with Crippen LogP contribution in [-0.4, -0.2) is 62.9 Å². The zero-order valence-corrected chi connectivity index (χ0v) is 14.2. The van der Waals surface area contributed by atoms with Gasteiger partial charge in [-0.2, -0.15) is 10.2 Å². The van der Waals surface area contributed by atoms with E-state index in [2.05, 4.69) is 27.1 Å². The first kappa shape index (κ1) is 15.7. The van der Waals surface area contributed by atoms with Crippen LogP contribution in [0.3, 0.4) is 0 Å². The van der Waals surface area contributed by atoms with Gasteiger partial charge in [-0.05, 0) is 25.5 Å². The van der Waals surface area contributed by atoms with Crippen LogP contribution in [0.25, 0.3) is 0 Å². The van der Waals surface area contributed by atoms with E-state index in [0.717, 1.165) is 31.7 Å². The summed E-state index contributed by atoms with van der Waals surface area (Å²) >= 11 is 0. The van der Waals surface area contributed by atoms with Crippen LogP contribution < -0.4 is 0 Å². The highest BCUT2D eigenvalue weighted by atomic mass is 16.2. The lowest BCUT2D eigenvalue weighted by Crippen LogP contribution is -2.24. The minimum atomic E-state index is 0.00896. The van der Waals surface area contributed by atoms with Gasteiger partial charge < -0.3 is 4.90 Å². The second-order valence-corrected chi connectivity index (χ2v) is 6.52. The molecule has 2 aromatic rings. The summed E-state index contributed by atoms with van der Waals surface area (Å²) < 4.78 is 1.94. The second-order valence-electron chi connectivity index (χ2n) is 6.52. The first-order valence-corrected chi connectivity index (χ1v) is 7.92. The molecule has 1 atom stereocenters. The highest BCUT2D eigenvalue weighted by Gasteiger charge is 2.29. The topological polar surface area (TPSA) is 70.0 Å². The van der Waals surface area contributed by atoms with E-state index >= 15 is 0 Å². The zero-order valence-electron chi connectivity index (χ0n) is 14.2. The first-order valence-electron chi connectivity index (χ1n) is 7.92. The van der Waals surface area contributed by atoms with Gasteiger partial charge in [-0.3, -0.25) is 19.5 Å². The summed E-state index contributed by atoms with van der Waals surface area (Å²) in [6, 6.07) is 0. The van der Waals surface area contributed by atoms with E-state index in [1.807, 2.05) is 17.9 Å². The number of nitrogens with one attached hydrogen (secondary N) is 1. The average Bonchev–Trinajstić information content (AvgIpc) is 3.22. The lowest BCUT2D eigenvalue weighted by atomic mass is 10.0. The minimum Gasteiger partial charge on any atom is -0.345 e. The molecule has 7 heteroatoms. The third kappa shape index (κ3) is 3.01. The second kappa shape index (κ2) is 6.16. The summed E-state index contributed by atoms with van der Waals surface area (Å²) in [6.07, 6.45) is 4.59. The van der Waals surface area contributed by atoms with E-state index in [-0.39, 0.29) is 5.91 Å². The van der Waals surface area contributed by atoms with Crippen LogP contribution in [0.1, 0.15) is 39.6 Å². The molecule has 1 N–H and O–H groups in total. The van der Waals surface area contributed by atoms with E-state index in [1.54, 1.807) is 25.2 Å². The molecule has 1 aliphatic rings. The summed E-state index contributed by atoms with van der Waals surface area (Å²) in [5.74, 6) is 0.333. The smallest absolute Gasteiger partial charge is 0.256 e.